The van der Waals surface area contributed by atoms with Crippen LogP contribution in [0.5, 0.6) is 11.5 Å². The highest BCUT2D eigenvalue weighted by Crippen LogP contribution is 2.44. The predicted octanol–water partition coefficient (Wildman–Crippen LogP) is 7.31. The Bertz CT molecular complexity index is 712. The molecule has 0 atom stereocenters. The molecule has 0 radical (unpaired) electrons. The molecule has 0 unspecified atom stereocenters. The second kappa shape index (κ2) is 9.49. The van der Waals surface area contributed by atoms with Crippen LogP contribution in [0, 0.1) is 13.8 Å². The Morgan fingerprint density at radius 2 is 0.929 bits per heavy atom. The molecule has 0 saturated heterocycles. The maximum atomic E-state index is 10.1. The molecular weight excluding hydrogens is 344 g/mol. The number of hydrogen-bond acceptors (Lipinski definition) is 2. The van der Waals surface area contributed by atoms with Crippen LogP contribution in [0.25, 0.3) is 0 Å². The fraction of sp³-hybridized carbons (Fsp3) is 0.538. The zero-order valence-corrected chi connectivity index (χ0v) is 17.6. The van der Waals surface area contributed by atoms with Gasteiger partial charge in [-0.1, -0.05) is 82.1 Å². The van der Waals surface area contributed by atoms with E-state index in [4.69, 9.17) is 0 Å². The first kappa shape index (κ1) is 20.8. The molecule has 28 heavy (non-hydrogen) atoms. The second-order valence-corrected chi connectivity index (χ2v) is 8.77. The zero-order chi connectivity index (χ0) is 20.0. The number of benzene rings is 2. The number of aryl methyl sites for hydroxylation is 2. The van der Waals surface area contributed by atoms with Crippen LogP contribution in [0.2, 0.25) is 0 Å². The van der Waals surface area contributed by atoms with E-state index in [0.717, 1.165) is 24.0 Å². The maximum absolute atomic E-state index is 10.1. The van der Waals surface area contributed by atoms with Gasteiger partial charge in [0.1, 0.15) is 11.5 Å². The lowest BCUT2D eigenvalue weighted by Gasteiger charge is -2.37. The predicted molar refractivity (Wildman–Crippen MR) is 117 cm³/mol. The molecule has 2 N–H and O–H groups in total. The normalized spacial score (nSPS) is 18.8. The Kier molecular flexibility index (Phi) is 7.04. The van der Waals surface area contributed by atoms with Crippen molar-refractivity contribution in [1.82, 2.24) is 0 Å². The van der Waals surface area contributed by atoms with Gasteiger partial charge in [-0.05, 0) is 61.1 Å². The molecule has 2 aromatic rings. The van der Waals surface area contributed by atoms with E-state index < -0.39 is 0 Å². The van der Waals surface area contributed by atoms with Gasteiger partial charge in [-0.3, -0.25) is 0 Å². The molecule has 0 amide bonds. The van der Waals surface area contributed by atoms with Gasteiger partial charge in [-0.15, -0.1) is 0 Å². The van der Waals surface area contributed by atoms with Crippen LogP contribution in [-0.2, 0) is 5.41 Å². The molecule has 1 aliphatic carbocycles. The van der Waals surface area contributed by atoms with Gasteiger partial charge in [0.15, 0.2) is 0 Å². The van der Waals surface area contributed by atoms with Crippen LogP contribution in [0.15, 0.2) is 36.4 Å². The second-order valence-electron chi connectivity index (χ2n) is 8.77. The van der Waals surface area contributed by atoms with Gasteiger partial charge in [0.25, 0.3) is 0 Å². The summed E-state index contributed by atoms with van der Waals surface area (Å²) in [6.45, 7) is 3.98. The largest absolute Gasteiger partial charge is 0.508 e. The van der Waals surface area contributed by atoms with Gasteiger partial charge in [0.2, 0.25) is 0 Å². The third-order valence-electron chi connectivity index (χ3n) is 6.71. The van der Waals surface area contributed by atoms with Crippen LogP contribution in [0.1, 0.15) is 92.9 Å². The topological polar surface area (TPSA) is 40.5 Å². The molecule has 2 heteroatoms. The Morgan fingerprint density at radius 1 is 0.571 bits per heavy atom. The number of rotatable bonds is 2. The number of phenols is 2. The fourth-order valence-electron chi connectivity index (χ4n) is 4.87. The molecule has 152 valence electrons. The van der Waals surface area contributed by atoms with E-state index in [1.807, 2.05) is 26.0 Å². The summed E-state index contributed by atoms with van der Waals surface area (Å²) in [4.78, 5) is 0. The zero-order valence-electron chi connectivity index (χ0n) is 17.6. The van der Waals surface area contributed by atoms with Crippen molar-refractivity contribution >= 4 is 0 Å². The number of aromatic hydroxyl groups is 2. The quantitative estimate of drug-likeness (QED) is 0.573. The van der Waals surface area contributed by atoms with Crippen LogP contribution in [-0.4, -0.2) is 10.2 Å². The molecule has 1 aliphatic rings. The molecule has 0 spiro atoms. The van der Waals surface area contributed by atoms with Crippen molar-refractivity contribution in [3.8, 4) is 11.5 Å². The summed E-state index contributed by atoms with van der Waals surface area (Å²) in [5, 5.41) is 20.2. The van der Waals surface area contributed by atoms with Crippen LogP contribution >= 0.6 is 0 Å². The Labute approximate surface area is 170 Å². The van der Waals surface area contributed by atoms with Crippen molar-refractivity contribution in [3.05, 3.63) is 58.7 Å². The average Bonchev–Trinajstić information content (AvgIpc) is 2.67. The van der Waals surface area contributed by atoms with E-state index in [9.17, 15) is 10.2 Å². The summed E-state index contributed by atoms with van der Waals surface area (Å²) in [5.74, 6) is 0.739. The smallest absolute Gasteiger partial charge is 0.118 e. The highest BCUT2D eigenvalue weighted by molar-refractivity contribution is 5.47. The molecular formula is C26H36O2. The third-order valence-corrected chi connectivity index (χ3v) is 6.71. The molecule has 0 aromatic heterocycles. The Morgan fingerprint density at radius 3 is 1.29 bits per heavy atom. The van der Waals surface area contributed by atoms with Crippen LogP contribution in [0.4, 0.5) is 0 Å². The van der Waals surface area contributed by atoms with E-state index in [1.54, 1.807) is 0 Å². The maximum Gasteiger partial charge on any atom is 0.118 e. The van der Waals surface area contributed by atoms with Gasteiger partial charge < -0.3 is 10.2 Å². The molecule has 1 saturated carbocycles. The van der Waals surface area contributed by atoms with Crippen molar-refractivity contribution in [2.75, 3.05) is 0 Å². The number of phenolic OH excluding ortho intramolecular Hbond substituents is 2. The summed E-state index contributed by atoms with van der Waals surface area (Å²) in [5.41, 5.74) is 4.46. The van der Waals surface area contributed by atoms with Crippen molar-refractivity contribution in [3.63, 3.8) is 0 Å². The van der Waals surface area contributed by atoms with E-state index >= 15 is 0 Å². The standard InChI is InChI=1S/C26H36O2/c1-20-18-22(12-14-24(20)27)26(23-13-15-25(28)21(2)19-23)16-10-8-6-4-3-5-7-9-11-17-26/h12-15,18-19,27-28H,3-11,16-17H2,1-2H3. The lowest BCUT2D eigenvalue weighted by atomic mass is 9.67. The molecule has 2 aromatic carbocycles. The van der Waals surface area contributed by atoms with Gasteiger partial charge >= 0.3 is 0 Å². The summed E-state index contributed by atoms with van der Waals surface area (Å²) >= 11 is 0. The monoisotopic (exact) mass is 380 g/mol. The SMILES string of the molecule is Cc1cc(C2(c3ccc(O)c(C)c3)CCCCCCCCCCC2)ccc1O. The van der Waals surface area contributed by atoms with Crippen LogP contribution in [0.3, 0.4) is 0 Å². The fourth-order valence-corrected chi connectivity index (χ4v) is 4.87. The minimum absolute atomic E-state index is 0.0455. The first-order valence-electron chi connectivity index (χ1n) is 11.1. The highest BCUT2D eigenvalue weighted by atomic mass is 16.3. The lowest BCUT2D eigenvalue weighted by molar-refractivity contribution is 0.381. The summed E-state index contributed by atoms with van der Waals surface area (Å²) in [6, 6.07) is 12.3. The average molecular weight is 381 g/mol. The van der Waals surface area contributed by atoms with Crippen molar-refractivity contribution in [2.24, 2.45) is 0 Å². The molecule has 1 fully saturated rings. The molecule has 0 bridgehead atoms. The van der Waals surface area contributed by atoms with Crippen molar-refractivity contribution < 1.29 is 10.2 Å². The summed E-state index contributed by atoms with van der Waals surface area (Å²) in [7, 11) is 0. The summed E-state index contributed by atoms with van der Waals surface area (Å²) in [6.07, 6.45) is 14.1. The van der Waals surface area contributed by atoms with Crippen molar-refractivity contribution in [1.29, 1.82) is 0 Å². The van der Waals surface area contributed by atoms with Crippen molar-refractivity contribution in [2.45, 2.75) is 89.9 Å². The molecule has 0 heterocycles. The van der Waals surface area contributed by atoms with Gasteiger partial charge in [-0.25, -0.2) is 0 Å². The first-order valence-corrected chi connectivity index (χ1v) is 11.1. The number of hydrogen-bond donors (Lipinski definition) is 2. The van der Waals surface area contributed by atoms with Gasteiger partial charge in [-0.2, -0.15) is 0 Å². The summed E-state index contributed by atoms with van der Waals surface area (Å²) < 4.78 is 0. The van der Waals surface area contributed by atoms with E-state index in [2.05, 4.69) is 24.3 Å². The third kappa shape index (κ3) is 4.71. The van der Waals surface area contributed by atoms with E-state index in [1.165, 1.54) is 68.9 Å². The highest BCUT2D eigenvalue weighted by Gasteiger charge is 2.34. The first-order chi connectivity index (χ1) is 13.5. The Balaban J connectivity index is 2.06. The molecule has 3 rings (SSSR count). The molecule has 0 aliphatic heterocycles. The van der Waals surface area contributed by atoms with Gasteiger partial charge in [0.05, 0.1) is 0 Å². The Hall–Kier alpha value is -1.96. The van der Waals surface area contributed by atoms with Crippen LogP contribution < -0.4 is 0 Å². The van der Waals surface area contributed by atoms with Gasteiger partial charge in [0, 0.05) is 5.41 Å². The lowest BCUT2D eigenvalue weighted by Crippen LogP contribution is -2.28. The minimum Gasteiger partial charge on any atom is -0.508 e. The van der Waals surface area contributed by atoms with E-state index in [-0.39, 0.29) is 5.41 Å². The van der Waals surface area contributed by atoms with E-state index in [0.29, 0.717) is 11.5 Å². The minimum atomic E-state index is -0.0455. The molecule has 2 nitrogen and oxygen atoms in total.